The predicted molar refractivity (Wildman–Crippen MR) is 97.0 cm³/mol. The lowest BCUT2D eigenvalue weighted by atomic mass is 10.1. The van der Waals surface area contributed by atoms with Crippen LogP contribution in [0.3, 0.4) is 0 Å². The summed E-state index contributed by atoms with van der Waals surface area (Å²) in [4.78, 5) is 25.7. The predicted octanol–water partition coefficient (Wildman–Crippen LogP) is 3.10. The zero-order chi connectivity index (χ0) is 18.2. The second-order valence-electron chi connectivity index (χ2n) is 5.78. The summed E-state index contributed by atoms with van der Waals surface area (Å²) in [6, 6.07) is 14.0. The highest BCUT2D eigenvalue weighted by molar-refractivity contribution is 5.98. The Balaban J connectivity index is 1.97. The van der Waals surface area contributed by atoms with Crippen molar-refractivity contribution in [2.24, 2.45) is 0 Å². The van der Waals surface area contributed by atoms with E-state index >= 15 is 0 Å². The van der Waals surface area contributed by atoms with Gasteiger partial charge >= 0.3 is 0 Å². The highest BCUT2D eigenvalue weighted by Gasteiger charge is 2.17. The monoisotopic (exact) mass is 342 g/mol. The minimum absolute atomic E-state index is 0.0520. The number of hydrogen-bond donors (Lipinski definition) is 1. The number of nitrogens with one attached hydrogen (secondary N) is 1. The molecular formula is C20H23FN2O2. The van der Waals surface area contributed by atoms with Gasteiger partial charge in [-0.15, -0.1) is 0 Å². The van der Waals surface area contributed by atoms with Crippen LogP contribution in [-0.2, 0) is 22.4 Å². The fourth-order valence-corrected chi connectivity index (χ4v) is 2.68. The Bertz CT molecular complexity index is 746. The Morgan fingerprint density at radius 2 is 1.68 bits per heavy atom. The molecule has 1 N–H and O–H groups in total. The van der Waals surface area contributed by atoms with E-state index in [-0.39, 0.29) is 24.2 Å². The number of carbonyl (C=O) groups is 2. The van der Waals surface area contributed by atoms with E-state index in [2.05, 4.69) is 5.32 Å². The first-order valence-electron chi connectivity index (χ1n) is 8.39. The zero-order valence-electron chi connectivity index (χ0n) is 14.6. The second-order valence-corrected chi connectivity index (χ2v) is 5.78. The molecule has 2 aromatic carbocycles. The van der Waals surface area contributed by atoms with Gasteiger partial charge in [-0.3, -0.25) is 9.59 Å². The SMILES string of the molecule is CCc1ccccc1N(CC(=O)NCCc1ccccc1F)C(C)=O. The summed E-state index contributed by atoms with van der Waals surface area (Å²) in [5, 5.41) is 2.75. The fraction of sp³-hybridized carbons (Fsp3) is 0.300. The molecule has 25 heavy (non-hydrogen) atoms. The first kappa shape index (κ1) is 18.6. The van der Waals surface area contributed by atoms with Crippen molar-refractivity contribution in [1.29, 1.82) is 0 Å². The van der Waals surface area contributed by atoms with E-state index in [1.54, 1.807) is 18.2 Å². The first-order chi connectivity index (χ1) is 12.0. The van der Waals surface area contributed by atoms with E-state index in [4.69, 9.17) is 0 Å². The minimum atomic E-state index is -0.279. The van der Waals surface area contributed by atoms with Crippen LogP contribution < -0.4 is 10.2 Å². The van der Waals surface area contributed by atoms with Crippen molar-refractivity contribution in [3.05, 3.63) is 65.5 Å². The average Bonchev–Trinajstić information content (AvgIpc) is 2.61. The van der Waals surface area contributed by atoms with Crippen LogP contribution in [0.25, 0.3) is 0 Å². The van der Waals surface area contributed by atoms with Crippen molar-refractivity contribution in [3.63, 3.8) is 0 Å². The molecule has 0 aliphatic heterocycles. The molecule has 0 spiro atoms. The molecule has 0 aliphatic rings. The quantitative estimate of drug-likeness (QED) is 0.840. The van der Waals surface area contributed by atoms with E-state index in [1.807, 2.05) is 31.2 Å². The number of carbonyl (C=O) groups excluding carboxylic acids is 2. The molecular weight excluding hydrogens is 319 g/mol. The number of rotatable bonds is 7. The minimum Gasteiger partial charge on any atom is -0.354 e. The zero-order valence-corrected chi connectivity index (χ0v) is 14.6. The summed E-state index contributed by atoms with van der Waals surface area (Å²) >= 11 is 0. The Morgan fingerprint density at radius 1 is 1.04 bits per heavy atom. The van der Waals surface area contributed by atoms with E-state index in [9.17, 15) is 14.0 Å². The lowest BCUT2D eigenvalue weighted by molar-refractivity contribution is -0.123. The molecule has 0 saturated heterocycles. The maximum atomic E-state index is 13.6. The van der Waals surface area contributed by atoms with Crippen LogP contribution in [0.1, 0.15) is 25.0 Å². The van der Waals surface area contributed by atoms with Gasteiger partial charge < -0.3 is 10.2 Å². The second kappa shape index (κ2) is 8.97. The summed E-state index contributed by atoms with van der Waals surface area (Å²) < 4.78 is 13.6. The molecule has 0 heterocycles. The van der Waals surface area contributed by atoms with Crippen molar-refractivity contribution in [2.75, 3.05) is 18.0 Å². The molecule has 0 atom stereocenters. The molecule has 2 amide bonds. The maximum absolute atomic E-state index is 13.6. The van der Waals surface area contributed by atoms with E-state index < -0.39 is 0 Å². The van der Waals surface area contributed by atoms with Crippen molar-refractivity contribution in [3.8, 4) is 0 Å². The molecule has 0 aliphatic carbocycles. The molecule has 0 fully saturated rings. The van der Waals surface area contributed by atoms with Crippen LogP contribution in [0.2, 0.25) is 0 Å². The molecule has 0 aromatic heterocycles. The number of benzene rings is 2. The van der Waals surface area contributed by atoms with Gasteiger partial charge in [0, 0.05) is 19.2 Å². The number of aryl methyl sites for hydroxylation is 1. The van der Waals surface area contributed by atoms with Gasteiger partial charge in [0.15, 0.2) is 0 Å². The molecule has 0 unspecified atom stereocenters. The van der Waals surface area contributed by atoms with Gasteiger partial charge in [0.2, 0.25) is 11.8 Å². The van der Waals surface area contributed by atoms with Crippen LogP contribution in [0.4, 0.5) is 10.1 Å². The van der Waals surface area contributed by atoms with Gasteiger partial charge in [-0.05, 0) is 36.1 Å². The Kier molecular flexibility index (Phi) is 6.69. The van der Waals surface area contributed by atoms with Gasteiger partial charge in [-0.2, -0.15) is 0 Å². The smallest absolute Gasteiger partial charge is 0.240 e. The number of halogens is 1. The van der Waals surface area contributed by atoms with Gasteiger partial charge in [-0.25, -0.2) is 4.39 Å². The largest absolute Gasteiger partial charge is 0.354 e. The van der Waals surface area contributed by atoms with Gasteiger partial charge in [0.05, 0.1) is 0 Å². The number of para-hydroxylation sites is 1. The summed E-state index contributed by atoms with van der Waals surface area (Å²) in [5.74, 6) is -0.735. The van der Waals surface area contributed by atoms with Gasteiger partial charge in [0.1, 0.15) is 12.4 Å². The summed E-state index contributed by atoms with van der Waals surface area (Å²) in [6.07, 6.45) is 1.18. The third-order valence-corrected chi connectivity index (χ3v) is 4.02. The third kappa shape index (κ3) is 5.14. The lowest BCUT2D eigenvalue weighted by Crippen LogP contribution is -2.40. The summed E-state index contributed by atoms with van der Waals surface area (Å²) in [7, 11) is 0. The number of hydrogen-bond acceptors (Lipinski definition) is 2. The fourth-order valence-electron chi connectivity index (χ4n) is 2.68. The standard InChI is InChI=1S/C20H23FN2O2/c1-3-16-8-5-7-11-19(16)23(15(2)24)14-20(25)22-13-12-17-9-4-6-10-18(17)21/h4-11H,3,12-14H2,1-2H3,(H,22,25). The average molecular weight is 342 g/mol. The highest BCUT2D eigenvalue weighted by Crippen LogP contribution is 2.20. The van der Waals surface area contributed by atoms with Crippen LogP contribution in [0.15, 0.2) is 48.5 Å². The van der Waals surface area contributed by atoms with Crippen molar-refractivity contribution >= 4 is 17.5 Å². The van der Waals surface area contributed by atoms with Crippen LogP contribution >= 0.6 is 0 Å². The molecule has 0 saturated carbocycles. The van der Waals surface area contributed by atoms with Crippen LogP contribution in [0, 0.1) is 5.82 Å². The molecule has 0 bridgehead atoms. The van der Waals surface area contributed by atoms with Crippen molar-refractivity contribution < 1.29 is 14.0 Å². The molecule has 2 rings (SSSR count). The number of anilines is 1. The Hall–Kier alpha value is -2.69. The molecule has 2 aromatic rings. The first-order valence-corrected chi connectivity index (χ1v) is 8.39. The number of amides is 2. The third-order valence-electron chi connectivity index (χ3n) is 4.02. The van der Waals surface area contributed by atoms with E-state index in [0.717, 1.165) is 17.7 Å². The molecule has 0 radical (unpaired) electrons. The van der Waals surface area contributed by atoms with Crippen LogP contribution in [-0.4, -0.2) is 24.9 Å². The lowest BCUT2D eigenvalue weighted by Gasteiger charge is -2.23. The van der Waals surface area contributed by atoms with Crippen LogP contribution in [0.5, 0.6) is 0 Å². The topological polar surface area (TPSA) is 49.4 Å². The summed E-state index contributed by atoms with van der Waals surface area (Å²) in [5.41, 5.74) is 2.32. The molecule has 5 heteroatoms. The van der Waals surface area contributed by atoms with Crippen molar-refractivity contribution in [2.45, 2.75) is 26.7 Å². The Morgan fingerprint density at radius 3 is 2.32 bits per heavy atom. The number of nitrogens with zero attached hydrogens (tertiary/aromatic N) is 1. The summed E-state index contributed by atoms with van der Waals surface area (Å²) in [6.45, 7) is 3.72. The normalized spacial score (nSPS) is 10.4. The molecule has 4 nitrogen and oxygen atoms in total. The maximum Gasteiger partial charge on any atom is 0.240 e. The Labute approximate surface area is 147 Å². The van der Waals surface area contributed by atoms with Gasteiger partial charge in [0.25, 0.3) is 0 Å². The van der Waals surface area contributed by atoms with E-state index in [0.29, 0.717) is 18.5 Å². The highest BCUT2D eigenvalue weighted by atomic mass is 19.1. The van der Waals surface area contributed by atoms with E-state index in [1.165, 1.54) is 17.9 Å². The molecule has 132 valence electrons. The van der Waals surface area contributed by atoms with Crippen molar-refractivity contribution in [1.82, 2.24) is 5.32 Å². The van der Waals surface area contributed by atoms with Gasteiger partial charge in [-0.1, -0.05) is 43.3 Å².